The molecule has 1 aromatic carbocycles. The van der Waals surface area contributed by atoms with Crippen LogP contribution in [0, 0.1) is 0 Å². The average molecular weight is 401 g/mol. The van der Waals surface area contributed by atoms with Crippen LogP contribution in [0.4, 0.5) is 0 Å². The Kier molecular flexibility index (Phi) is 4.64. The number of hydrogen-bond acceptors (Lipinski definition) is 6. The van der Waals surface area contributed by atoms with Crippen LogP contribution < -0.4 is 5.73 Å². The summed E-state index contributed by atoms with van der Waals surface area (Å²) in [6, 6.07) is 5.97. The molecule has 0 bridgehead atoms. The number of phenolic OH excluding ortho intramolecular Hbond substituents is 1. The molecule has 146 valence electrons. The topological polar surface area (TPSA) is 124 Å². The maximum Gasteiger partial charge on any atom is 0.352 e. The summed E-state index contributed by atoms with van der Waals surface area (Å²) >= 11 is 1.41. The Bertz CT molecular complexity index is 924. The normalized spacial score (nSPS) is 26.0. The van der Waals surface area contributed by atoms with Crippen molar-refractivity contribution in [1.82, 2.24) is 9.80 Å². The van der Waals surface area contributed by atoms with Crippen molar-refractivity contribution < 1.29 is 24.6 Å². The molecule has 0 radical (unpaired) electrons. The van der Waals surface area contributed by atoms with E-state index in [1.807, 2.05) is 0 Å². The van der Waals surface area contributed by atoms with Crippen molar-refractivity contribution in [2.75, 3.05) is 12.3 Å². The van der Waals surface area contributed by atoms with Gasteiger partial charge in [0.25, 0.3) is 0 Å². The number of hydrogen-bond donors (Lipinski definition) is 3. The molecular weight excluding hydrogens is 382 g/mol. The Morgan fingerprint density at radius 2 is 2.00 bits per heavy atom. The zero-order valence-electron chi connectivity index (χ0n) is 14.9. The van der Waals surface area contributed by atoms with Crippen molar-refractivity contribution in [3.8, 4) is 5.75 Å². The standard InChI is InChI=1S/C19H19N3O5S/c20-14-17(25)22-15(19(26)27)12(9-28-18(14)22)7-11-5-6-21(16(11)24)8-10-1-3-13(23)4-2-10/h1-4,7,14,18,23H,5-6,8-9,20H2,(H,26,27)/b11-7+/t14-,18-/m1/s1. The number of phenols is 1. The van der Waals surface area contributed by atoms with E-state index in [2.05, 4.69) is 0 Å². The number of β-lactam (4-membered cyclic amide) rings is 1. The third-order valence-corrected chi connectivity index (χ3v) is 6.44. The van der Waals surface area contributed by atoms with Crippen molar-refractivity contribution in [2.24, 2.45) is 5.73 Å². The number of carboxylic acid groups (broad SMARTS) is 1. The molecule has 2 atom stereocenters. The highest BCUT2D eigenvalue weighted by molar-refractivity contribution is 8.00. The lowest BCUT2D eigenvalue weighted by Crippen LogP contribution is -2.68. The minimum absolute atomic E-state index is 0.0762. The fraction of sp³-hybridized carbons (Fsp3) is 0.316. The number of nitrogens with zero attached hydrogens (tertiary/aromatic N) is 2. The molecule has 4 N–H and O–H groups in total. The summed E-state index contributed by atoms with van der Waals surface area (Å²) in [5.74, 6) is -1.19. The summed E-state index contributed by atoms with van der Waals surface area (Å²) in [7, 11) is 0. The zero-order chi connectivity index (χ0) is 20.0. The first kappa shape index (κ1) is 18.6. The van der Waals surface area contributed by atoms with E-state index >= 15 is 0 Å². The van der Waals surface area contributed by atoms with Gasteiger partial charge in [-0.15, -0.1) is 11.8 Å². The van der Waals surface area contributed by atoms with Crippen LogP contribution >= 0.6 is 11.8 Å². The molecule has 0 saturated carbocycles. The van der Waals surface area contributed by atoms with Crippen LogP contribution in [-0.4, -0.2) is 61.5 Å². The maximum atomic E-state index is 12.7. The van der Waals surface area contributed by atoms with E-state index in [1.54, 1.807) is 35.2 Å². The third kappa shape index (κ3) is 3.06. The Morgan fingerprint density at radius 3 is 2.68 bits per heavy atom. The van der Waals surface area contributed by atoms with Crippen LogP contribution in [0.2, 0.25) is 0 Å². The average Bonchev–Trinajstić information content (AvgIpc) is 3.02. The van der Waals surface area contributed by atoms with E-state index in [0.29, 0.717) is 36.4 Å². The van der Waals surface area contributed by atoms with Crippen LogP contribution in [0.3, 0.4) is 0 Å². The number of rotatable bonds is 4. The quantitative estimate of drug-likeness (QED) is 0.499. The van der Waals surface area contributed by atoms with Gasteiger partial charge in [-0.3, -0.25) is 14.5 Å². The molecule has 0 aliphatic carbocycles. The molecule has 2 fully saturated rings. The molecule has 28 heavy (non-hydrogen) atoms. The molecule has 2 amide bonds. The van der Waals surface area contributed by atoms with Gasteiger partial charge in [0, 0.05) is 24.4 Å². The summed E-state index contributed by atoms with van der Waals surface area (Å²) in [5, 5.41) is 18.6. The number of benzene rings is 1. The second kappa shape index (κ2) is 6.99. The smallest absolute Gasteiger partial charge is 0.352 e. The molecule has 3 aliphatic heterocycles. The zero-order valence-corrected chi connectivity index (χ0v) is 15.7. The number of likely N-dealkylation sites (tertiary alicyclic amines) is 1. The van der Waals surface area contributed by atoms with Crippen molar-refractivity contribution >= 4 is 29.5 Å². The summed E-state index contributed by atoms with van der Waals surface area (Å²) in [5.41, 5.74) is 7.57. The first-order chi connectivity index (χ1) is 13.4. The molecule has 2 saturated heterocycles. The van der Waals surface area contributed by atoms with Crippen LogP contribution in [0.5, 0.6) is 5.75 Å². The molecule has 9 heteroatoms. The van der Waals surface area contributed by atoms with Crippen LogP contribution in [0.15, 0.2) is 47.2 Å². The number of allylic oxidation sites excluding steroid dienone is 1. The van der Waals surface area contributed by atoms with Gasteiger partial charge in [0.2, 0.25) is 11.8 Å². The van der Waals surface area contributed by atoms with Gasteiger partial charge in [0.15, 0.2) is 0 Å². The molecule has 0 spiro atoms. The van der Waals surface area contributed by atoms with E-state index in [-0.39, 0.29) is 22.7 Å². The van der Waals surface area contributed by atoms with Gasteiger partial charge < -0.3 is 20.8 Å². The van der Waals surface area contributed by atoms with Gasteiger partial charge in [-0.1, -0.05) is 12.1 Å². The predicted octanol–water partition coefficient (Wildman–Crippen LogP) is 0.632. The number of amides is 2. The molecule has 3 aliphatic rings. The van der Waals surface area contributed by atoms with E-state index in [0.717, 1.165) is 5.56 Å². The summed E-state index contributed by atoms with van der Waals surface area (Å²) in [6.45, 7) is 0.947. The van der Waals surface area contributed by atoms with E-state index in [9.17, 15) is 24.6 Å². The molecular formula is C19H19N3O5S. The third-order valence-electron chi connectivity index (χ3n) is 5.11. The lowest BCUT2D eigenvalue weighted by atomic mass is 10.0. The number of carboxylic acids is 1. The molecule has 1 aromatic rings. The Hall–Kier alpha value is -2.78. The van der Waals surface area contributed by atoms with Crippen molar-refractivity contribution in [3.63, 3.8) is 0 Å². The number of thioether (sulfide) groups is 1. The van der Waals surface area contributed by atoms with Gasteiger partial charge in [-0.05, 0) is 35.8 Å². The molecule has 3 heterocycles. The Balaban J connectivity index is 1.56. The molecule has 0 aromatic heterocycles. The number of carbonyl (C=O) groups is 3. The van der Waals surface area contributed by atoms with Crippen LogP contribution in [0.25, 0.3) is 0 Å². The van der Waals surface area contributed by atoms with Crippen molar-refractivity contribution in [2.45, 2.75) is 24.4 Å². The number of fused-ring (bicyclic) bond motifs is 1. The highest BCUT2D eigenvalue weighted by Gasteiger charge is 2.51. The minimum Gasteiger partial charge on any atom is -0.508 e. The SMILES string of the molecule is N[C@@H]1C(=O)N2C(C(=O)O)=C(/C=C3\CCN(Cc4ccc(O)cc4)C3=O)CS[C@H]12. The highest BCUT2D eigenvalue weighted by Crippen LogP contribution is 2.40. The molecule has 8 nitrogen and oxygen atoms in total. The van der Waals surface area contributed by atoms with Gasteiger partial charge >= 0.3 is 5.97 Å². The Labute approximate surface area is 165 Å². The monoisotopic (exact) mass is 401 g/mol. The second-order valence-electron chi connectivity index (χ2n) is 6.93. The van der Waals surface area contributed by atoms with E-state index < -0.39 is 17.9 Å². The van der Waals surface area contributed by atoms with Crippen LogP contribution in [0.1, 0.15) is 12.0 Å². The lowest BCUT2D eigenvalue weighted by Gasteiger charge is -2.47. The molecule has 0 unspecified atom stereocenters. The molecule has 4 rings (SSSR count). The highest BCUT2D eigenvalue weighted by atomic mass is 32.2. The van der Waals surface area contributed by atoms with Crippen LogP contribution in [-0.2, 0) is 20.9 Å². The van der Waals surface area contributed by atoms with Gasteiger partial charge in [-0.2, -0.15) is 0 Å². The number of nitrogens with two attached hydrogens (primary N) is 1. The fourth-order valence-electron chi connectivity index (χ4n) is 3.63. The largest absolute Gasteiger partial charge is 0.508 e. The number of carbonyl (C=O) groups excluding carboxylic acids is 2. The van der Waals surface area contributed by atoms with Gasteiger partial charge in [0.05, 0.1) is 0 Å². The van der Waals surface area contributed by atoms with Crippen molar-refractivity contribution in [1.29, 1.82) is 0 Å². The fourth-order valence-corrected chi connectivity index (χ4v) is 4.89. The van der Waals surface area contributed by atoms with Gasteiger partial charge in [0.1, 0.15) is 22.9 Å². The Morgan fingerprint density at radius 1 is 1.29 bits per heavy atom. The van der Waals surface area contributed by atoms with Crippen molar-refractivity contribution in [3.05, 3.63) is 52.7 Å². The lowest BCUT2D eigenvalue weighted by molar-refractivity contribution is -0.147. The minimum atomic E-state index is -1.19. The number of aromatic hydroxyl groups is 1. The summed E-state index contributed by atoms with van der Waals surface area (Å²) < 4.78 is 0. The first-order valence-electron chi connectivity index (χ1n) is 8.81. The van der Waals surface area contributed by atoms with E-state index in [4.69, 9.17) is 5.73 Å². The number of aliphatic carboxylic acids is 1. The first-order valence-corrected chi connectivity index (χ1v) is 9.86. The summed E-state index contributed by atoms with van der Waals surface area (Å²) in [6.07, 6.45) is 2.12. The van der Waals surface area contributed by atoms with E-state index in [1.165, 1.54) is 16.7 Å². The maximum absolute atomic E-state index is 12.7. The predicted molar refractivity (Wildman–Crippen MR) is 102 cm³/mol. The second-order valence-corrected chi connectivity index (χ2v) is 8.03. The summed E-state index contributed by atoms with van der Waals surface area (Å²) in [4.78, 5) is 39.4. The van der Waals surface area contributed by atoms with Gasteiger partial charge in [-0.25, -0.2) is 4.79 Å².